The Labute approximate surface area is 192 Å². The number of rotatable bonds is 4. The van der Waals surface area contributed by atoms with Crippen LogP contribution in [0.2, 0.25) is 0 Å². The lowest BCUT2D eigenvalue weighted by atomic mass is 10.0. The fourth-order valence-electron chi connectivity index (χ4n) is 4.68. The molecule has 8 heteroatoms. The first kappa shape index (κ1) is 21.3. The van der Waals surface area contributed by atoms with Crippen LogP contribution < -0.4 is 19.7 Å². The van der Waals surface area contributed by atoms with Gasteiger partial charge in [-0.3, -0.25) is 14.4 Å². The van der Waals surface area contributed by atoms with Gasteiger partial charge in [-0.05, 0) is 37.1 Å². The number of hydrogen-bond acceptors (Lipinski definition) is 5. The van der Waals surface area contributed by atoms with E-state index < -0.39 is 0 Å². The van der Waals surface area contributed by atoms with Gasteiger partial charge in [0, 0.05) is 49.4 Å². The van der Waals surface area contributed by atoms with Crippen LogP contribution in [0.15, 0.2) is 48.5 Å². The number of benzene rings is 2. The molecule has 0 radical (unpaired) electrons. The lowest BCUT2D eigenvalue weighted by Crippen LogP contribution is -2.48. The van der Waals surface area contributed by atoms with Crippen molar-refractivity contribution < 1.29 is 23.9 Å². The van der Waals surface area contributed by atoms with E-state index in [0.29, 0.717) is 62.8 Å². The third-order valence-corrected chi connectivity index (χ3v) is 6.49. The number of nitrogens with one attached hydrogen (secondary N) is 1. The van der Waals surface area contributed by atoms with E-state index in [0.717, 1.165) is 5.69 Å². The smallest absolute Gasteiger partial charge is 0.251 e. The van der Waals surface area contributed by atoms with Crippen molar-refractivity contribution in [3.63, 3.8) is 0 Å². The van der Waals surface area contributed by atoms with E-state index in [1.54, 1.807) is 29.2 Å². The van der Waals surface area contributed by atoms with E-state index in [1.807, 2.05) is 29.2 Å². The standard InChI is InChI=1S/C25H27N3O5/c29-23-14-18(16-28(23)20-6-7-21-22(15-20)33-13-12-32-21)25(31)27-10-8-19(9-11-27)26-24(30)17-4-2-1-3-5-17/h1-7,15,18-19H,8-14,16H2,(H,26,30)/t18-/m1/s1. The zero-order valence-corrected chi connectivity index (χ0v) is 18.4. The molecule has 0 unspecified atom stereocenters. The highest BCUT2D eigenvalue weighted by molar-refractivity contribution is 6.00. The largest absolute Gasteiger partial charge is 0.486 e. The van der Waals surface area contributed by atoms with E-state index in [4.69, 9.17) is 9.47 Å². The second kappa shape index (κ2) is 9.13. The summed E-state index contributed by atoms with van der Waals surface area (Å²) in [4.78, 5) is 41.7. The van der Waals surface area contributed by atoms with E-state index in [1.165, 1.54) is 0 Å². The molecular formula is C25H27N3O5. The number of carbonyl (C=O) groups excluding carboxylic acids is 3. The zero-order chi connectivity index (χ0) is 22.8. The van der Waals surface area contributed by atoms with Gasteiger partial charge in [0.15, 0.2) is 11.5 Å². The van der Waals surface area contributed by atoms with Gasteiger partial charge in [0.05, 0.1) is 5.92 Å². The van der Waals surface area contributed by atoms with Gasteiger partial charge in [0.2, 0.25) is 11.8 Å². The minimum atomic E-state index is -0.360. The number of ether oxygens (including phenoxy) is 2. The first-order chi connectivity index (χ1) is 16.1. The summed E-state index contributed by atoms with van der Waals surface area (Å²) < 4.78 is 11.2. The summed E-state index contributed by atoms with van der Waals surface area (Å²) in [5.74, 6) is 0.803. The van der Waals surface area contributed by atoms with Crippen LogP contribution in [0, 0.1) is 5.92 Å². The van der Waals surface area contributed by atoms with Gasteiger partial charge >= 0.3 is 0 Å². The third-order valence-electron chi connectivity index (χ3n) is 6.49. The average Bonchev–Trinajstić information content (AvgIpc) is 3.26. The van der Waals surface area contributed by atoms with E-state index in [9.17, 15) is 14.4 Å². The Morgan fingerprint density at radius 1 is 0.939 bits per heavy atom. The van der Waals surface area contributed by atoms with Gasteiger partial charge in [0.25, 0.3) is 5.91 Å². The van der Waals surface area contributed by atoms with Crippen LogP contribution in [-0.2, 0) is 9.59 Å². The van der Waals surface area contributed by atoms with Crippen LogP contribution in [0.25, 0.3) is 0 Å². The molecule has 0 aliphatic carbocycles. The van der Waals surface area contributed by atoms with Gasteiger partial charge in [-0.2, -0.15) is 0 Å². The summed E-state index contributed by atoms with van der Waals surface area (Å²) in [6, 6.07) is 14.6. The summed E-state index contributed by atoms with van der Waals surface area (Å²) in [5.41, 5.74) is 1.36. The minimum Gasteiger partial charge on any atom is -0.486 e. The van der Waals surface area contributed by atoms with Crippen molar-refractivity contribution >= 4 is 23.4 Å². The Morgan fingerprint density at radius 2 is 1.67 bits per heavy atom. The Balaban J connectivity index is 1.16. The predicted molar refractivity (Wildman–Crippen MR) is 121 cm³/mol. The number of hydrogen-bond donors (Lipinski definition) is 1. The second-order valence-corrected chi connectivity index (χ2v) is 8.67. The molecule has 172 valence electrons. The average molecular weight is 450 g/mol. The topological polar surface area (TPSA) is 88.2 Å². The van der Waals surface area contributed by atoms with Crippen LogP contribution in [0.5, 0.6) is 11.5 Å². The van der Waals surface area contributed by atoms with Crippen molar-refractivity contribution in [2.45, 2.75) is 25.3 Å². The lowest BCUT2D eigenvalue weighted by molar-refractivity contribution is -0.136. The summed E-state index contributed by atoms with van der Waals surface area (Å²) in [7, 11) is 0. The van der Waals surface area contributed by atoms with Crippen LogP contribution >= 0.6 is 0 Å². The van der Waals surface area contributed by atoms with Crippen LogP contribution in [-0.4, -0.2) is 61.5 Å². The molecule has 3 aliphatic rings. The van der Waals surface area contributed by atoms with Gasteiger partial charge in [-0.25, -0.2) is 0 Å². The van der Waals surface area contributed by atoms with Crippen molar-refractivity contribution in [2.24, 2.45) is 5.92 Å². The number of carbonyl (C=O) groups is 3. The van der Waals surface area contributed by atoms with Gasteiger partial charge in [0.1, 0.15) is 13.2 Å². The number of nitrogens with zero attached hydrogens (tertiary/aromatic N) is 2. The maximum Gasteiger partial charge on any atom is 0.251 e. The molecule has 8 nitrogen and oxygen atoms in total. The molecule has 2 aromatic carbocycles. The molecule has 33 heavy (non-hydrogen) atoms. The van der Waals surface area contributed by atoms with Crippen LogP contribution in [0.4, 0.5) is 5.69 Å². The van der Waals surface area contributed by atoms with Crippen molar-refractivity contribution in [3.05, 3.63) is 54.1 Å². The highest BCUT2D eigenvalue weighted by atomic mass is 16.6. The molecule has 3 aliphatic heterocycles. The molecular weight excluding hydrogens is 422 g/mol. The number of fused-ring (bicyclic) bond motifs is 1. The molecule has 1 N–H and O–H groups in total. The number of anilines is 1. The number of likely N-dealkylation sites (tertiary alicyclic amines) is 1. The van der Waals surface area contributed by atoms with E-state index in [2.05, 4.69) is 5.32 Å². The van der Waals surface area contributed by atoms with Gasteiger partial charge in [-0.1, -0.05) is 18.2 Å². The van der Waals surface area contributed by atoms with Crippen LogP contribution in [0.1, 0.15) is 29.6 Å². The number of amides is 3. The maximum atomic E-state index is 13.1. The third kappa shape index (κ3) is 4.51. The monoisotopic (exact) mass is 449 g/mol. The first-order valence-electron chi connectivity index (χ1n) is 11.4. The first-order valence-corrected chi connectivity index (χ1v) is 11.4. The summed E-state index contributed by atoms with van der Waals surface area (Å²) in [5, 5.41) is 3.06. The molecule has 0 saturated carbocycles. The van der Waals surface area contributed by atoms with Gasteiger partial charge in [-0.15, -0.1) is 0 Å². The summed E-state index contributed by atoms with van der Waals surface area (Å²) in [6.07, 6.45) is 1.62. The highest BCUT2D eigenvalue weighted by Gasteiger charge is 2.38. The minimum absolute atomic E-state index is 0.0104. The fourth-order valence-corrected chi connectivity index (χ4v) is 4.68. The number of piperidine rings is 1. The van der Waals surface area contributed by atoms with Crippen molar-refractivity contribution in [1.29, 1.82) is 0 Å². The molecule has 0 bridgehead atoms. The maximum absolute atomic E-state index is 13.1. The SMILES string of the molecule is O=C(NC1CCN(C(=O)[C@@H]2CC(=O)N(c3ccc4c(c3)OCCO4)C2)CC1)c1ccccc1. The van der Waals surface area contributed by atoms with E-state index >= 15 is 0 Å². The van der Waals surface area contributed by atoms with E-state index in [-0.39, 0.29) is 36.1 Å². The highest BCUT2D eigenvalue weighted by Crippen LogP contribution is 2.36. The van der Waals surface area contributed by atoms with Crippen molar-refractivity contribution in [3.8, 4) is 11.5 Å². The molecule has 0 spiro atoms. The Bertz CT molecular complexity index is 1050. The Kier molecular flexibility index (Phi) is 5.90. The normalized spacial score (nSPS) is 20.6. The summed E-state index contributed by atoms with van der Waals surface area (Å²) in [6.45, 7) is 2.51. The molecule has 5 rings (SSSR count). The second-order valence-electron chi connectivity index (χ2n) is 8.67. The lowest BCUT2D eigenvalue weighted by Gasteiger charge is -2.33. The molecule has 2 aromatic rings. The predicted octanol–water partition coefficient (Wildman–Crippen LogP) is 2.23. The zero-order valence-electron chi connectivity index (χ0n) is 18.4. The fraction of sp³-hybridized carbons (Fsp3) is 0.400. The molecule has 2 fully saturated rings. The quantitative estimate of drug-likeness (QED) is 0.774. The molecule has 0 aromatic heterocycles. The van der Waals surface area contributed by atoms with Crippen LogP contribution in [0.3, 0.4) is 0 Å². The molecule has 3 heterocycles. The van der Waals surface area contributed by atoms with Crippen molar-refractivity contribution in [1.82, 2.24) is 10.2 Å². The molecule has 2 saturated heterocycles. The summed E-state index contributed by atoms with van der Waals surface area (Å²) >= 11 is 0. The molecule has 3 amide bonds. The molecule has 1 atom stereocenters. The van der Waals surface area contributed by atoms with Crippen molar-refractivity contribution in [2.75, 3.05) is 37.7 Å². The Morgan fingerprint density at radius 3 is 2.42 bits per heavy atom. The van der Waals surface area contributed by atoms with Gasteiger partial charge < -0.3 is 24.6 Å². The Hall–Kier alpha value is -3.55.